The van der Waals surface area contributed by atoms with Gasteiger partial charge >= 0.3 is 5.97 Å². The number of nitrogens with zero attached hydrogens (tertiary/aromatic N) is 1. The Bertz CT molecular complexity index is 942. The van der Waals surface area contributed by atoms with Gasteiger partial charge in [-0.15, -0.1) is 0 Å². The number of esters is 1. The summed E-state index contributed by atoms with van der Waals surface area (Å²) in [5.74, 6) is -0.333. The zero-order chi connectivity index (χ0) is 22.9. The van der Waals surface area contributed by atoms with E-state index in [1.807, 2.05) is 36.1 Å². The van der Waals surface area contributed by atoms with E-state index in [0.717, 1.165) is 30.6 Å². The van der Waals surface area contributed by atoms with Crippen LogP contribution < -0.4 is 10.1 Å². The van der Waals surface area contributed by atoms with Crippen molar-refractivity contribution in [3.05, 3.63) is 65.2 Å². The van der Waals surface area contributed by atoms with Crippen LogP contribution in [0, 0.1) is 0 Å². The van der Waals surface area contributed by atoms with E-state index >= 15 is 0 Å². The predicted octanol–water partition coefficient (Wildman–Crippen LogP) is 3.23. The molecular weight excluding hydrogens is 408 g/mol. The van der Waals surface area contributed by atoms with Crippen LogP contribution in [0.3, 0.4) is 0 Å². The normalized spacial score (nSPS) is 17.7. The van der Waals surface area contributed by atoms with E-state index < -0.39 is 17.9 Å². The van der Waals surface area contributed by atoms with Crippen LogP contribution >= 0.6 is 0 Å². The molecule has 0 radical (unpaired) electrons. The monoisotopic (exact) mass is 438 g/mol. The lowest BCUT2D eigenvalue weighted by Crippen LogP contribution is -2.43. The third-order valence-corrected chi connectivity index (χ3v) is 5.40. The Morgan fingerprint density at radius 1 is 1.12 bits per heavy atom. The molecule has 2 aromatic carbocycles. The van der Waals surface area contributed by atoms with Crippen molar-refractivity contribution in [3.63, 3.8) is 0 Å². The molecule has 0 aromatic heterocycles. The van der Waals surface area contributed by atoms with Gasteiger partial charge in [-0.3, -0.25) is 9.59 Å². The second-order valence-corrected chi connectivity index (χ2v) is 7.83. The topological polar surface area (TPSA) is 84.9 Å². The number of benzene rings is 2. The van der Waals surface area contributed by atoms with Crippen LogP contribution in [0.25, 0.3) is 0 Å². The van der Waals surface area contributed by atoms with E-state index in [1.165, 1.54) is 7.11 Å². The van der Waals surface area contributed by atoms with Crippen LogP contribution in [0.4, 0.5) is 0 Å². The molecule has 2 amide bonds. The minimum atomic E-state index is -0.853. The molecular formula is C25H30N2O5. The molecule has 7 nitrogen and oxygen atoms in total. The molecule has 7 heteroatoms. The number of carbonyl (C=O) groups excluding carboxylic acids is 3. The lowest BCUT2D eigenvalue weighted by atomic mass is 10.0. The maximum absolute atomic E-state index is 13.1. The Hall–Kier alpha value is -3.35. The molecule has 1 unspecified atom stereocenters. The minimum Gasteiger partial charge on any atom is -0.494 e. The molecule has 0 fully saturated rings. The molecule has 0 saturated carbocycles. The highest BCUT2D eigenvalue weighted by molar-refractivity contribution is 6.00. The predicted molar refractivity (Wildman–Crippen MR) is 121 cm³/mol. The van der Waals surface area contributed by atoms with E-state index in [4.69, 9.17) is 9.47 Å². The molecule has 1 atom stereocenters. The highest BCUT2D eigenvalue weighted by Crippen LogP contribution is 2.16. The van der Waals surface area contributed by atoms with Gasteiger partial charge in [0.2, 0.25) is 0 Å². The molecule has 0 saturated heterocycles. The van der Waals surface area contributed by atoms with Crippen molar-refractivity contribution < 1.29 is 23.9 Å². The number of fused-ring (bicyclic) bond motifs is 11. The lowest BCUT2D eigenvalue weighted by Gasteiger charge is -2.23. The average molecular weight is 439 g/mol. The molecule has 2 aliphatic rings. The van der Waals surface area contributed by atoms with Gasteiger partial charge in [0, 0.05) is 30.6 Å². The Kier molecular flexibility index (Phi) is 8.25. The van der Waals surface area contributed by atoms with Gasteiger partial charge in [-0.1, -0.05) is 25.1 Å². The molecule has 0 aliphatic carbocycles. The van der Waals surface area contributed by atoms with Crippen LogP contribution in [0.2, 0.25) is 0 Å². The van der Waals surface area contributed by atoms with Crippen molar-refractivity contribution in [1.29, 1.82) is 0 Å². The number of rotatable bonds is 3. The Morgan fingerprint density at radius 2 is 1.88 bits per heavy atom. The maximum atomic E-state index is 13.1. The Morgan fingerprint density at radius 3 is 2.59 bits per heavy atom. The molecule has 170 valence electrons. The number of hydrogen-bond acceptors (Lipinski definition) is 5. The summed E-state index contributed by atoms with van der Waals surface area (Å²) < 4.78 is 10.7. The standard InChI is InChI=1S/C25H30N2O5/c1-3-13-27-14-4-5-15-32-21-11-9-18(10-12-21)16-22(25(30)31-2)26-23(28)19-7-6-8-20(17-19)24(27)29/h6-12,17,22H,3-5,13-16H2,1-2H3,(H,26,28). The summed E-state index contributed by atoms with van der Waals surface area (Å²) in [5, 5.41) is 2.75. The van der Waals surface area contributed by atoms with Crippen LogP contribution in [0.15, 0.2) is 48.5 Å². The lowest BCUT2D eigenvalue weighted by molar-refractivity contribution is -0.142. The van der Waals surface area contributed by atoms with Crippen molar-refractivity contribution in [2.45, 2.75) is 38.6 Å². The number of amides is 2. The molecule has 2 aromatic rings. The van der Waals surface area contributed by atoms with Gasteiger partial charge in [0.25, 0.3) is 11.8 Å². The van der Waals surface area contributed by atoms with E-state index in [1.54, 1.807) is 24.3 Å². The number of methoxy groups -OCH3 is 1. The van der Waals surface area contributed by atoms with Crippen LogP contribution in [0.5, 0.6) is 5.75 Å². The van der Waals surface area contributed by atoms with Gasteiger partial charge in [0.15, 0.2) is 0 Å². The van der Waals surface area contributed by atoms with Crippen molar-refractivity contribution >= 4 is 17.8 Å². The molecule has 2 aliphatic heterocycles. The van der Waals surface area contributed by atoms with E-state index in [0.29, 0.717) is 30.8 Å². The molecule has 1 N–H and O–H groups in total. The van der Waals surface area contributed by atoms with Crippen LogP contribution in [-0.2, 0) is 16.0 Å². The van der Waals surface area contributed by atoms with Gasteiger partial charge in [0.1, 0.15) is 11.8 Å². The van der Waals surface area contributed by atoms with Crippen molar-refractivity contribution in [2.75, 3.05) is 26.8 Å². The summed E-state index contributed by atoms with van der Waals surface area (Å²) >= 11 is 0. The summed E-state index contributed by atoms with van der Waals surface area (Å²) in [6.07, 6.45) is 2.77. The highest BCUT2D eigenvalue weighted by atomic mass is 16.5. The van der Waals surface area contributed by atoms with Crippen molar-refractivity contribution in [3.8, 4) is 5.75 Å². The summed E-state index contributed by atoms with van der Waals surface area (Å²) in [5.41, 5.74) is 1.65. The first kappa shape index (κ1) is 23.3. The summed E-state index contributed by atoms with van der Waals surface area (Å²) in [6, 6.07) is 13.2. The molecule has 32 heavy (non-hydrogen) atoms. The minimum absolute atomic E-state index is 0.108. The average Bonchev–Trinajstić information content (AvgIpc) is 2.82. The number of carbonyl (C=O) groups is 3. The first-order valence-electron chi connectivity index (χ1n) is 11.0. The second kappa shape index (κ2) is 11.3. The Labute approximate surface area is 188 Å². The van der Waals surface area contributed by atoms with Crippen LogP contribution in [-0.4, -0.2) is 55.5 Å². The largest absolute Gasteiger partial charge is 0.494 e. The zero-order valence-electron chi connectivity index (χ0n) is 18.6. The third-order valence-electron chi connectivity index (χ3n) is 5.40. The fourth-order valence-corrected chi connectivity index (χ4v) is 3.69. The van der Waals surface area contributed by atoms with Crippen LogP contribution in [0.1, 0.15) is 52.5 Å². The van der Waals surface area contributed by atoms with Gasteiger partial charge < -0.3 is 19.7 Å². The smallest absolute Gasteiger partial charge is 0.328 e. The van der Waals surface area contributed by atoms with Gasteiger partial charge in [-0.05, 0) is 55.2 Å². The molecule has 0 spiro atoms. The fraction of sp³-hybridized carbons (Fsp3) is 0.400. The Balaban J connectivity index is 1.91. The summed E-state index contributed by atoms with van der Waals surface area (Å²) in [6.45, 7) is 3.85. The second-order valence-electron chi connectivity index (χ2n) is 7.83. The molecule has 4 rings (SSSR count). The zero-order valence-corrected chi connectivity index (χ0v) is 18.6. The highest BCUT2D eigenvalue weighted by Gasteiger charge is 2.24. The number of ether oxygens (including phenoxy) is 2. The van der Waals surface area contributed by atoms with Gasteiger partial charge in [-0.2, -0.15) is 0 Å². The molecule has 2 heterocycles. The number of hydrogen-bond donors (Lipinski definition) is 1. The van der Waals surface area contributed by atoms with Crippen molar-refractivity contribution in [1.82, 2.24) is 10.2 Å². The molecule has 4 bridgehead atoms. The van der Waals surface area contributed by atoms with E-state index in [9.17, 15) is 14.4 Å². The first-order chi connectivity index (χ1) is 15.5. The maximum Gasteiger partial charge on any atom is 0.328 e. The van der Waals surface area contributed by atoms with E-state index in [-0.39, 0.29) is 12.3 Å². The van der Waals surface area contributed by atoms with Crippen molar-refractivity contribution in [2.24, 2.45) is 0 Å². The number of nitrogens with one attached hydrogen (secondary N) is 1. The quantitative estimate of drug-likeness (QED) is 0.744. The first-order valence-corrected chi connectivity index (χ1v) is 11.0. The fourth-order valence-electron chi connectivity index (χ4n) is 3.69. The SMILES string of the molecule is CCCN1CCCCOc2ccc(cc2)CC(C(=O)OC)NC(=O)c2cccc(c2)C1=O. The third kappa shape index (κ3) is 6.09. The van der Waals surface area contributed by atoms with Gasteiger partial charge in [0.05, 0.1) is 13.7 Å². The summed E-state index contributed by atoms with van der Waals surface area (Å²) in [4.78, 5) is 40.1. The van der Waals surface area contributed by atoms with E-state index in [2.05, 4.69) is 5.32 Å². The summed E-state index contributed by atoms with van der Waals surface area (Å²) in [7, 11) is 1.29. The van der Waals surface area contributed by atoms with Gasteiger partial charge in [-0.25, -0.2) is 4.79 Å².